The van der Waals surface area contributed by atoms with Crippen LogP contribution in [0.3, 0.4) is 0 Å². The van der Waals surface area contributed by atoms with E-state index in [1.807, 2.05) is 6.92 Å². The highest BCUT2D eigenvalue weighted by Gasteiger charge is 2.24. The molecule has 1 saturated heterocycles. The SMILES string of the molecule is CCSc1nnc(NC(=O)CN2CCC(c3nnc(C)s3)CC2)s1. The summed E-state index contributed by atoms with van der Waals surface area (Å²) in [7, 11) is 0. The highest BCUT2D eigenvalue weighted by molar-refractivity contribution is 8.01. The quantitative estimate of drug-likeness (QED) is 0.605. The van der Waals surface area contributed by atoms with Crippen molar-refractivity contribution in [3.05, 3.63) is 10.0 Å². The number of hydrogen-bond donors (Lipinski definition) is 1. The van der Waals surface area contributed by atoms with Gasteiger partial charge in [-0.1, -0.05) is 30.0 Å². The van der Waals surface area contributed by atoms with Crippen LogP contribution in [0.25, 0.3) is 0 Å². The molecule has 0 spiro atoms. The molecule has 0 radical (unpaired) electrons. The van der Waals surface area contributed by atoms with Crippen LogP contribution in [0, 0.1) is 6.92 Å². The number of likely N-dealkylation sites (tertiary alicyclic amines) is 1. The van der Waals surface area contributed by atoms with Gasteiger partial charge in [0.25, 0.3) is 0 Å². The van der Waals surface area contributed by atoms with Gasteiger partial charge in [-0.25, -0.2) is 0 Å². The van der Waals surface area contributed by atoms with Gasteiger partial charge in [0.2, 0.25) is 11.0 Å². The molecule has 0 atom stereocenters. The van der Waals surface area contributed by atoms with Crippen molar-refractivity contribution in [3.63, 3.8) is 0 Å². The monoisotopic (exact) mass is 384 g/mol. The fourth-order valence-electron chi connectivity index (χ4n) is 2.62. The van der Waals surface area contributed by atoms with E-state index in [1.165, 1.54) is 11.3 Å². The van der Waals surface area contributed by atoms with Crippen LogP contribution in [0.4, 0.5) is 5.13 Å². The molecule has 7 nitrogen and oxygen atoms in total. The zero-order chi connectivity index (χ0) is 16.9. The van der Waals surface area contributed by atoms with Crippen molar-refractivity contribution < 1.29 is 4.79 Å². The summed E-state index contributed by atoms with van der Waals surface area (Å²) in [5, 5.41) is 22.0. The third-order valence-corrected chi connectivity index (χ3v) is 6.62. The molecule has 2 aromatic rings. The number of rotatable bonds is 6. The van der Waals surface area contributed by atoms with E-state index in [-0.39, 0.29) is 5.91 Å². The molecular formula is C14H20N6OS3. The fourth-order valence-corrected chi connectivity index (χ4v) is 5.15. The van der Waals surface area contributed by atoms with E-state index in [4.69, 9.17) is 0 Å². The molecule has 0 bridgehead atoms. The Kier molecular flexibility index (Phi) is 6.14. The van der Waals surface area contributed by atoms with Crippen LogP contribution < -0.4 is 5.32 Å². The third kappa shape index (κ3) is 4.71. The third-order valence-electron chi connectivity index (χ3n) is 3.77. The van der Waals surface area contributed by atoms with Crippen LogP contribution in [0.5, 0.6) is 0 Å². The first-order valence-electron chi connectivity index (χ1n) is 7.92. The van der Waals surface area contributed by atoms with Gasteiger partial charge >= 0.3 is 0 Å². The lowest BCUT2D eigenvalue weighted by atomic mass is 9.98. The second kappa shape index (κ2) is 8.32. The maximum absolute atomic E-state index is 12.2. The molecule has 0 saturated carbocycles. The van der Waals surface area contributed by atoms with Crippen molar-refractivity contribution >= 4 is 45.5 Å². The van der Waals surface area contributed by atoms with Gasteiger partial charge in [-0.2, -0.15) is 0 Å². The highest BCUT2D eigenvalue weighted by Crippen LogP contribution is 2.30. The molecule has 1 aliphatic rings. The molecule has 1 aliphatic heterocycles. The zero-order valence-electron chi connectivity index (χ0n) is 13.7. The molecule has 3 rings (SSSR count). The van der Waals surface area contributed by atoms with Gasteiger partial charge in [0.15, 0.2) is 4.34 Å². The molecule has 24 heavy (non-hydrogen) atoms. The van der Waals surface area contributed by atoms with Crippen molar-refractivity contribution in [2.24, 2.45) is 0 Å². The van der Waals surface area contributed by atoms with Gasteiger partial charge in [0.1, 0.15) is 10.0 Å². The van der Waals surface area contributed by atoms with Crippen molar-refractivity contribution in [2.45, 2.75) is 36.9 Å². The molecule has 3 heterocycles. The van der Waals surface area contributed by atoms with E-state index in [0.717, 1.165) is 46.0 Å². The number of nitrogens with one attached hydrogen (secondary N) is 1. The molecule has 0 unspecified atom stereocenters. The summed E-state index contributed by atoms with van der Waals surface area (Å²) in [5.74, 6) is 1.41. The number of carbonyl (C=O) groups excluding carboxylic acids is 1. The predicted octanol–water partition coefficient (Wildman–Crippen LogP) is 2.63. The minimum absolute atomic E-state index is 0.0237. The first-order valence-corrected chi connectivity index (χ1v) is 10.5. The average molecular weight is 385 g/mol. The summed E-state index contributed by atoms with van der Waals surface area (Å²) in [6.45, 7) is 6.26. The number of hydrogen-bond acceptors (Lipinski definition) is 9. The lowest BCUT2D eigenvalue weighted by Gasteiger charge is -2.30. The molecular weight excluding hydrogens is 364 g/mol. The Hall–Kier alpha value is -1.10. The van der Waals surface area contributed by atoms with E-state index < -0.39 is 0 Å². The van der Waals surface area contributed by atoms with Crippen LogP contribution in [-0.4, -0.2) is 56.6 Å². The second-order valence-electron chi connectivity index (χ2n) is 5.56. The maximum atomic E-state index is 12.2. The zero-order valence-corrected chi connectivity index (χ0v) is 16.1. The van der Waals surface area contributed by atoms with Gasteiger partial charge in [-0.3, -0.25) is 15.0 Å². The summed E-state index contributed by atoms with van der Waals surface area (Å²) in [6.07, 6.45) is 2.05. The van der Waals surface area contributed by atoms with E-state index in [0.29, 0.717) is 17.6 Å². The van der Waals surface area contributed by atoms with Gasteiger partial charge in [0, 0.05) is 5.92 Å². The number of thioether (sulfide) groups is 1. The van der Waals surface area contributed by atoms with Crippen LogP contribution in [0.2, 0.25) is 0 Å². The van der Waals surface area contributed by atoms with E-state index >= 15 is 0 Å². The average Bonchev–Trinajstić information content (AvgIpc) is 3.18. The Morgan fingerprint density at radius 3 is 2.71 bits per heavy atom. The molecule has 1 fully saturated rings. The first-order chi connectivity index (χ1) is 11.6. The highest BCUT2D eigenvalue weighted by atomic mass is 32.2. The van der Waals surface area contributed by atoms with Crippen LogP contribution in [0.1, 0.15) is 35.7 Å². The fraction of sp³-hybridized carbons (Fsp3) is 0.643. The Balaban J connectivity index is 1.44. The predicted molar refractivity (Wildman–Crippen MR) is 98.0 cm³/mol. The Bertz CT molecular complexity index is 680. The number of carbonyl (C=O) groups is 1. The van der Waals surface area contributed by atoms with Gasteiger partial charge in [0.05, 0.1) is 6.54 Å². The summed E-state index contributed by atoms with van der Waals surface area (Å²) >= 11 is 4.74. The van der Waals surface area contributed by atoms with Crippen LogP contribution in [0.15, 0.2) is 4.34 Å². The number of amides is 1. The smallest absolute Gasteiger partial charge is 0.240 e. The molecule has 0 aromatic carbocycles. The molecule has 1 amide bonds. The molecule has 2 aromatic heterocycles. The minimum Gasteiger partial charge on any atom is -0.299 e. The summed E-state index contributed by atoms with van der Waals surface area (Å²) in [6, 6.07) is 0. The van der Waals surface area contributed by atoms with Gasteiger partial charge in [-0.15, -0.1) is 31.7 Å². The summed E-state index contributed by atoms with van der Waals surface area (Å²) in [5.41, 5.74) is 0. The van der Waals surface area contributed by atoms with Gasteiger partial charge < -0.3 is 0 Å². The summed E-state index contributed by atoms with van der Waals surface area (Å²) < 4.78 is 0.890. The molecule has 10 heteroatoms. The number of aryl methyl sites for hydroxylation is 1. The lowest BCUT2D eigenvalue weighted by molar-refractivity contribution is -0.117. The Labute approximate surface area is 153 Å². The van der Waals surface area contributed by atoms with Crippen molar-refractivity contribution in [1.29, 1.82) is 0 Å². The van der Waals surface area contributed by atoms with E-state index in [2.05, 4.69) is 37.5 Å². The minimum atomic E-state index is -0.0237. The van der Waals surface area contributed by atoms with E-state index in [1.54, 1.807) is 23.1 Å². The number of anilines is 1. The number of piperidine rings is 1. The van der Waals surface area contributed by atoms with Crippen molar-refractivity contribution in [2.75, 3.05) is 30.7 Å². The first kappa shape index (κ1) is 17.7. The second-order valence-corrected chi connectivity index (χ2v) is 9.27. The normalized spacial score (nSPS) is 16.4. The number of aromatic nitrogens is 4. The maximum Gasteiger partial charge on any atom is 0.240 e. The van der Waals surface area contributed by atoms with Crippen LogP contribution in [-0.2, 0) is 4.79 Å². The van der Waals surface area contributed by atoms with E-state index in [9.17, 15) is 4.79 Å². The lowest BCUT2D eigenvalue weighted by Crippen LogP contribution is -2.38. The molecule has 130 valence electrons. The standard InChI is InChI=1S/C14H20N6OS3/c1-3-22-14-19-18-13(24-14)15-11(21)8-20-6-4-10(5-7-20)12-17-16-9(2)23-12/h10H,3-8H2,1-2H3,(H,15,18,21). The molecule has 1 N–H and O–H groups in total. The molecule has 0 aliphatic carbocycles. The summed E-state index contributed by atoms with van der Waals surface area (Å²) in [4.78, 5) is 14.3. The van der Waals surface area contributed by atoms with Gasteiger partial charge in [-0.05, 0) is 38.6 Å². The largest absolute Gasteiger partial charge is 0.299 e. The Morgan fingerprint density at radius 1 is 1.25 bits per heavy atom. The van der Waals surface area contributed by atoms with Crippen molar-refractivity contribution in [1.82, 2.24) is 25.3 Å². The topological polar surface area (TPSA) is 83.9 Å². The number of nitrogens with zero attached hydrogens (tertiary/aromatic N) is 5. The van der Waals surface area contributed by atoms with Crippen LogP contribution >= 0.6 is 34.4 Å². The van der Waals surface area contributed by atoms with Crippen molar-refractivity contribution in [3.8, 4) is 0 Å². The Morgan fingerprint density at radius 2 is 2.04 bits per heavy atom.